The fraction of sp³-hybridized carbons (Fsp3) is 0.429. The topological polar surface area (TPSA) is 71.3 Å². The molecule has 0 fully saturated rings. The first-order chi connectivity index (χ1) is 8.94. The molecule has 1 amide bonds. The lowest BCUT2D eigenvalue weighted by atomic mass is 9.94. The van der Waals surface area contributed by atoms with Crippen molar-refractivity contribution in [3.05, 3.63) is 23.8 Å². The Morgan fingerprint density at radius 2 is 2.00 bits per heavy atom. The number of amides is 1. The first-order valence-corrected chi connectivity index (χ1v) is 5.85. The summed E-state index contributed by atoms with van der Waals surface area (Å²) in [5, 5.41) is 11.9. The van der Waals surface area contributed by atoms with E-state index >= 15 is 0 Å². The second-order valence-electron chi connectivity index (χ2n) is 4.49. The van der Waals surface area contributed by atoms with E-state index in [2.05, 4.69) is 11.4 Å². The van der Waals surface area contributed by atoms with Gasteiger partial charge in [-0.05, 0) is 24.6 Å². The van der Waals surface area contributed by atoms with Gasteiger partial charge in [-0.1, -0.05) is 6.07 Å². The minimum atomic E-state index is -0.939. The van der Waals surface area contributed by atoms with Gasteiger partial charge in [-0.15, -0.1) is 0 Å². The molecule has 0 radical (unpaired) electrons. The largest absolute Gasteiger partial charge is 0.493 e. The van der Waals surface area contributed by atoms with Crippen LogP contribution in [0.5, 0.6) is 11.5 Å². The third-order valence-corrected chi connectivity index (χ3v) is 2.70. The lowest BCUT2D eigenvalue weighted by molar-refractivity contribution is -0.120. The highest BCUT2D eigenvalue weighted by Crippen LogP contribution is 2.28. The van der Waals surface area contributed by atoms with E-state index in [0.717, 1.165) is 5.56 Å². The van der Waals surface area contributed by atoms with E-state index < -0.39 is 5.54 Å². The molecule has 0 aromatic heterocycles. The SMILES string of the molecule is COc1ccc(C[C@](C)(C#N)NC(C)=O)cc1OC. The van der Waals surface area contributed by atoms with Crippen LogP contribution in [-0.4, -0.2) is 25.7 Å². The van der Waals surface area contributed by atoms with Crippen LogP contribution >= 0.6 is 0 Å². The zero-order valence-corrected chi connectivity index (χ0v) is 11.6. The van der Waals surface area contributed by atoms with E-state index in [-0.39, 0.29) is 5.91 Å². The van der Waals surface area contributed by atoms with Crippen molar-refractivity contribution in [3.8, 4) is 17.6 Å². The summed E-state index contributed by atoms with van der Waals surface area (Å²) in [6.45, 7) is 3.08. The lowest BCUT2D eigenvalue weighted by Crippen LogP contribution is -2.45. The van der Waals surface area contributed by atoms with Crippen LogP contribution in [0.25, 0.3) is 0 Å². The molecule has 5 nitrogen and oxygen atoms in total. The number of carbonyl (C=O) groups is 1. The Labute approximate surface area is 113 Å². The molecular weight excluding hydrogens is 244 g/mol. The minimum absolute atomic E-state index is 0.232. The summed E-state index contributed by atoms with van der Waals surface area (Å²) >= 11 is 0. The van der Waals surface area contributed by atoms with Crippen molar-refractivity contribution >= 4 is 5.91 Å². The molecular formula is C14H18N2O3. The third-order valence-electron chi connectivity index (χ3n) is 2.70. The average molecular weight is 262 g/mol. The molecule has 5 heteroatoms. The molecule has 0 aliphatic carbocycles. The zero-order valence-electron chi connectivity index (χ0n) is 11.6. The van der Waals surface area contributed by atoms with Gasteiger partial charge >= 0.3 is 0 Å². The van der Waals surface area contributed by atoms with Crippen LogP contribution in [0.4, 0.5) is 0 Å². The van der Waals surface area contributed by atoms with Crippen LogP contribution in [0.2, 0.25) is 0 Å². The van der Waals surface area contributed by atoms with Gasteiger partial charge in [-0.3, -0.25) is 4.79 Å². The molecule has 0 saturated heterocycles. The summed E-state index contributed by atoms with van der Waals surface area (Å²) in [6.07, 6.45) is 0.392. The standard InChI is InChI=1S/C14H18N2O3/c1-10(17)16-14(2,9-15)8-11-5-6-12(18-3)13(7-11)19-4/h5-7H,8H2,1-4H3,(H,16,17)/t14-/m1/s1. The van der Waals surface area contributed by atoms with Crippen LogP contribution in [0.15, 0.2) is 18.2 Å². The van der Waals surface area contributed by atoms with E-state index in [1.807, 2.05) is 6.07 Å². The summed E-state index contributed by atoms with van der Waals surface area (Å²) in [5.74, 6) is 0.997. The number of hydrogen-bond donors (Lipinski definition) is 1. The molecule has 0 spiro atoms. The summed E-state index contributed by atoms with van der Waals surface area (Å²) in [6, 6.07) is 7.55. The van der Waals surface area contributed by atoms with Gasteiger partial charge in [0.2, 0.25) is 5.91 Å². The van der Waals surface area contributed by atoms with Crippen LogP contribution in [0.3, 0.4) is 0 Å². The lowest BCUT2D eigenvalue weighted by Gasteiger charge is -2.23. The van der Waals surface area contributed by atoms with Gasteiger partial charge in [0.25, 0.3) is 0 Å². The normalized spacial score (nSPS) is 13.0. The number of nitriles is 1. The van der Waals surface area contributed by atoms with E-state index in [1.165, 1.54) is 6.92 Å². The molecule has 1 N–H and O–H groups in total. The summed E-state index contributed by atoms with van der Waals surface area (Å²) in [7, 11) is 3.12. The Morgan fingerprint density at radius 1 is 1.37 bits per heavy atom. The number of nitrogens with one attached hydrogen (secondary N) is 1. The van der Waals surface area contributed by atoms with Crippen molar-refractivity contribution in [2.24, 2.45) is 0 Å². The van der Waals surface area contributed by atoms with Crippen molar-refractivity contribution in [3.63, 3.8) is 0 Å². The maximum atomic E-state index is 11.1. The number of rotatable bonds is 5. The van der Waals surface area contributed by atoms with Gasteiger partial charge in [-0.25, -0.2) is 0 Å². The van der Waals surface area contributed by atoms with Crippen molar-refractivity contribution < 1.29 is 14.3 Å². The minimum Gasteiger partial charge on any atom is -0.493 e. The molecule has 1 rings (SSSR count). The molecule has 0 unspecified atom stereocenters. The number of nitrogens with zero attached hydrogens (tertiary/aromatic N) is 1. The molecule has 0 aliphatic rings. The molecule has 1 aromatic carbocycles. The second-order valence-corrected chi connectivity index (χ2v) is 4.49. The van der Waals surface area contributed by atoms with E-state index in [4.69, 9.17) is 9.47 Å². The summed E-state index contributed by atoms with van der Waals surface area (Å²) in [5.41, 5.74) is -0.0544. The van der Waals surface area contributed by atoms with Crippen LogP contribution in [-0.2, 0) is 11.2 Å². The van der Waals surface area contributed by atoms with Crippen molar-refractivity contribution in [2.75, 3.05) is 14.2 Å². The van der Waals surface area contributed by atoms with Gasteiger partial charge in [0.15, 0.2) is 11.5 Å². The Balaban J connectivity index is 2.98. The maximum absolute atomic E-state index is 11.1. The van der Waals surface area contributed by atoms with Crippen LogP contribution < -0.4 is 14.8 Å². The van der Waals surface area contributed by atoms with E-state index in [9.17, 15) is 10.1 Å². The Morgan fingerprint density at radius 3 is 2.47 bits per heavy atom. The number of benzene rings is 1. The van der Waals surface area contributed by atoms with Crippen molar-refractivity contribution in [1.29, 1.82) is 5.26 Å². The van der Waals surface area contributed by atoms with Gasteiger partial charge < -0.3 is 14.8 Å². The van der Waals surface area contributed by atoms with Crippen LogP contribution in [0, 0.1) is 11.3 Å². The van der Waals surface area contributed by atoms with Gasteiger partial charge in [0.05, 0.1) is 20.3 Å². The van der Waals surface area contributed by atoms with Crippen molar-refractivity contribution in [1.82, 2.24) is 5.32 Å². The number of hydrogen-bond acceptors (Lipinski definition) is 4. The smallest absolute Gasteiger partial charge is 0.218 e. The van der Waals surface area contributed by atoms with E-state index in [1.54, 1.807) is 33.3 Å². The second kappa shape index (κ2) is 6.10. The highest BCUT2D eigenvalue weighted by atomic mass is 16.5. The maximum Gasteiger partial charge on any atom is 0.218 e. The predicted octanol–water partition coefficient (Wildman–Crippen LogP) is 1.66. The highest BCUT2D eigenvalue weighted by molar-refractivity contribution is 5.74. The first kappa shape index (κ1) is 14.8. The molecule has 0 heterocycles. The molecule has 0 aliphatic heterocycles. The molecule has 0 saturated carbocycles. The molecule has 1 atom stereocenters. The highest BCUT2D eigenvalue weighted by Gasteiger charge is 2.25. The Kier molecular flexibility index (Phi) is 4.76. The fourth-order valence-electron chi connectivity index (χ4n) is 1.90. The number of carbonyl (C=O) groups excluding carboxylic acids is 1. The third kappa shape index (κ3) is 3.88. The summed E-state index contributed by atoms with van der Waals surface area (Å²) < 4.78 is 10.4. The molecule has 0 bridgehead atoms. The number of methoxy groups -OCH3 is 2. The van der Waals surface area contributed by atoms with Crippen molar-refractivity contribution in [2.45, 2.75) is 25.8 Å². The van der Waals surface area contributed by atoms with Crippen LogP contribution in [0.1, 0.15) is 19.4 Å². The van der Waals surface area contributed by atoms with Gasteiger partial charge in [0.1, 0.15) is 5.54 Å². The Hall–Kier alpha value is -2.22. The molecule has 1 aromatic rings. The molecule has 102 valence electrons. The van der Waals surface area contributed by atoms with Gasteiger partial charge in [-0.2, -0.15) is 5.26 Å². The summed E-state index contributed by atoms with van der Waals surface area (Å²) in [4.78, 5) is 11.1. The predicted molar refractivity (Wildman–Crippen MR) is 71.1 cm³/mol. The van der Waals surface area contributed by atoms with E-state index in [0.29, 0.717) is 17.9 Å². The molecule has 19 heavy (non-hydrogen) atoms. The fourth-order valence-corrected chi connectivity index (χ4v) is 1.90. The van der Waals surface area contributed by atoms with Gasteiger partial charge in [0, 0.05) is 13.3 Å². The number of ether oxygens (including phenoxy) is 2. The average Bonchev–Trinajstić information content (AvgIpc) is 2.37. The Bertz CT molecular complexity index is 508. The monoisotopic (exact) mass is 262 g/mol. The first-order valence-electron chi connectivity index (χ1n) is 5.85. The quantitative estimate of drug-likeness (QED) is 0.876. The zero-order chi connectivity index (χ0) is 14.5.